The molecule has 0 bridgehead atoms. The van der Waals surface area contributed by atoms with E-state index in [2.05, 4.69) is 0 Å². The van der Waals surface area contributed by atoms with Crippen molar-refractivity contribution in [2.75, 3.05) is 19.0 Å². The van der Waals surface area contributed by atoms with Crippen LogP contribution in [0.15, 0.2) is 18.2 Å². The lowest BCUT2D eigenvalue weighted by Gasteiger charge is -2.21. The average Bonchev–Trinajstić information content (AvgIpc) is 3.10. The van der Waals surface area contributed by atoms with Gasteiger partial charge in [-0.15, -0.1) is 12.4 Å². The summed E-state index contributed by atoms with van der Waals surface area (Å²) in [7, 11) is 3.93. The van der Waals surface area contributed by atoms with Gasteiger partial charge in [-0.1, -0.05) is 17.7 Å². The van der Waals surface area contributed by atoms with Crippen LogP contribution in [0, 0.1) is 5.92 Å². The Labute approximate surface area is 119 Å². The van der Waals surface area contributed by atoms with E-state index in [1.165, 1.54) is 0 Å². The van der Waals surface area contributed by atoms with Crippen molar-refractivity contribution in [2.24, 2.45) is 11.7 Å². The number of hydrogen-bond donors (Lipinski definition) is 2. The first-order chi connectivity index (χ1) is 8.00. The molecular formula is C13H20Cl2N2O. The third-order valence-electron chi connectivity index (χ3n) is 3.33. The van der Waals surface area contributed by atoms with E-state index in [9.17, 15) is 5.11 Å². The maximum Gasteiger partial charge on any atom is 0.0761 e. The molecule has 102 valence electrons. The molecule has 1 fully saturated rings. The number of nitrogens with zero attached hydrogens (tertiary/aromatic N) is 1. The molecule has 0 spiro atoms. The summed E-state index contributed by atoms with van der Waals surface area (Å²) in [5, 5.41) is 10.6. The Morgan fingerprint density at radius 2 is 2.00 bits per heavy atom. The molecule has 1 aliphatic rings. The van der Waals surface area contributed by atoms with Gasteiger partial charge >= 0.3 is 0 Å². The van der Waals surface area contributed by atoms with Gasteiger partial charge in [-0.3, -0.25) is 0 Å². The predicted octanol–water partition coefficient (Wildman–Crippen LogP) is 2.60. The van der Waals surface area contributed by atoms with Gasteiger partial charge < -0.3 is 15.7 Å². The molecule has 2 rings (SSSR count). The molecule has 3 N–H and O–H groups in total. The summed E-state index contributed by atoms with van der Waals surface area (Å²) in [6.07, 6.45) is 1.67. The van der Waals surface area contributed by atoms with Crippen molar-refractivity contribution in [3.8, 4) is 0 Å². The van der Waals surface area contributed by atoms with Crippen molar-refractivity contribution < 1.29 is 5.11 Å². The van der Waals surface area contributed by atoms with E-state index < -0.39 is 6.10 Å². The molecule has 1 aromatic carbocycles. The van der Waals surface area contributed by atoms with E-state index in [0.29, 0.717) is 10.9 Å². The summed E-state index contributed by atoms with van der Waals surface area (Å²) in [4.78, 5) is 1.98. The minimum Gasteiger partial charge on any atom is -0.391 e. The number of rotatable bonds is 4. The predicted molar refractivity (Wildman–Crippen MR) is 78.7 cm³/mol. The normalized spacial score (nSPS) is 17.8. The summed E-state index contributed by atoms with van der Waals surface area (Å²) >= 11 is 6.22. The molecule has 1 aliphatic carbocycles. The lowest BCUT2D eigenvalue weighted by atomic mass is 9.99. The molecule has 0 radical (unpaired) electrons. The summed E-state index contributed by atoms with van der Waals surface area (Å²) in [5.74, 6) is 0.356. The van der Waals surface area contributed by atoms with Crippen LogP contribution in [0.1, 0.15) is 24.4 Å². The zero-order valence-corrected chi connectivity index (χ0v) is 12.2. The third-order valence-corrected chi connectivity index (χ3v) is 3.66. The van der Waals surface area contributed by atoms with Gasteiger partial charge in [0.15, 0.2) is 0 Å². The Morgan fingerprint density at radius 3 is 2.44 bits per heavy atom. The zero-order chi connectivity index (χ0) is 12.6. The van der Waals surface area contributed by atoms with E-state index in [0.717, 1.165) is 24.1 Å². The summed E-state index contributed by atoms with van der Waals surface area (Å²) in [6, 6.07) is 5.39. The van der Waals surface area contributed by atoms with Crippen LogP contribution in [0.3, 0.4) is 0 Å². The fourth-order valence-corrected chi connectivity index (χ4v) is 2.28. The van der Waals surface area contributed by atoms with Crippen molar-refractivity contribution in [3.63, 3.8) is 0 Å². The SMILES string of the molecule is CN(C)c1ccc([C@@H](N)[C@@H](O)C2CC2)c(Cl)c1.Cl. The Bertz CT molecular complexity index is 408. The minimum atomic E-state index is -0.474. The summed E-state index contributed by atoms with van der Waals surface area (Å²) in [5.41, 5.74) is 7.92. The Kier molecular flexibility index (Phi) is 5.29. The van der Waals surface area contributed by atoms with Crippen LogP contribution in [0.25, 0.3) is 0 Å². The molecule has 0 amide bonds. The first-order valence-corrected chi connectivity index (χ1v) is 6.29. The van der Waals surface area contributed by atoms with Gasteiger partial charge in [0, 0.05) is 24.8 Å². The molecule has 2 atom stereocenters. The molecule has 0 heterocycles. The highest BCUT2D eigenvalue weighted by molar-refractivity contribution is 6.31. The lowest BCUT2D eigenvalue weighted by Crippen LogP contribution is -2.28. The standard InChI is InChI=1S/C13H19ClN2O.ClH/c1-16(2)9-5-6-10(11(14)7-9)12(15)13(17)8-3-4-8;/h5-8,12-13,17H,3-4,15H2,1-2H3;1H/t12-,13+;/m1./s1. The van der Waals surface area contributed by atoms with Crippen molar-refractivity contribution in [1.82, 2.24) is 0 Å². The highest BCUT2D eigenvalue weighted by Crippen LogP contribution is 2.39. The molecular weight excluding hydrogens is 271 g/mol. The number of aliphatic hydroxyl groups excluding tert-OH is 1. The van der Waals surface area contributed by atoms with E-state index in [4.69, 9.17) is 17.3 Å². The minimum absolute atomic E-state index is 0. The zero-order valence-electron chi connectivity index (χ0n) is 10.6. The van der Waals surface area contributed by atoms with Crippen LogP contribution in [0.2, 0.25) is 5.02 Å². The molecule has 0 aliphatic heterocycles. The monoisotopic (exact) mass is 290 g/mol. The van der Waals surface area contributed by atoms with Crippen molar-refractivity contribution in [3.05, 3.63) is 28.8 Å². The number of halogens is 2. The highest BCUT2D eigenvalue weighted by Gasteiger charge is 2.34. The first-order valence-electron chi connectivity index (χ1n) is 5.91. The smallest absolute Gasteiger partial charge is 0.0761 e. The maximum absolute atomic E-state index is 10.0. The largest absolute Gasteiger partial charge is 0.391 e. The van der Waals surface area contributed by atoms with Gasteiger partial charge in [0.25, 0.3) is 0 Å². The van der Waals surface area contributed by atoms with E-state index in [-0.39, 0.29) is 18.4 Å². The Morgan fingerprint density at radius 1 is 1.39 bits per heavy atom. The number of anilines is 1. The van der Waals surface area contributed by atoms with E-state index >= 15 is 0 Å². The number of nitrogens with two attached hydrogens (primary N) is 1. The van der Waals surface area contributed by atoms with Crippen LogP contribution < -0.4 is 10.6 Å². The molecule has 1 saturated carbocycles. The van der Waals surface area contributed by atoms with Crippen LogP contribution in [0.4, 0.5) is 5.69 Å². The molecule has 18 heavy (non-hydrogen) atoms. The van der Waals surface area contributed by atoms with Crippen LogP contribution in [0.5, 0.6) is 0 Å². The molecule has 0 saturated heterocycles. The quantitative estimate of drug-likeness (QED) is 0.896. The van der Waals surface area contributed by atoms with Gasteiger partial charge in [-0.25, -0.2) is 0 Å². The second-order valence-electron chi connectivity index (χ2n) is 4.95. The van der Waals surface area contributed by atoms with Gasteiger partial charge in [0.1, 0.15) is 0 Å². The number of hydrogen-bond acceptors (Lipinski definition) is 3. The van der Waals surface area contributed by atoms with Crippen LogP contribution >= 0.6 is 24.0 Å². The van der Waals surface area contributed by atoms with Crippen LogP contribution in [-0.2, 0) is 0 Å². The Balaban J connectivity index is 0.00000162. The summed E-state index contributed by atoms with van der Waals surface area (Å²) < 4.78 is 0. The van der Waals surface area contributed by atoms with Crippen molar-refractivity contribution in [1.29, 1.82) is 0 Å². The van der Waals surface area contributed by atoms with Gasteiger partial charge in [-0.05, 0) is 36.5 Å². The Hall–Kier alpha value is -0.480. The topological polar surface area (TPSA) is 49.5 Å². The molecule has 5 heteroatoms. The maximum atomic E-state index is 10.0. The second kappa shape index (κ2) is 6.11. The van der Waals surface area contributed by atoms with E-state index in [1.807, 2.05) is 37.2 Å². The average molecular weight is 291 g/mol. The van der Waals surface area contributed by atoms with Gasteiger partial charge in [0.2, 0.25) is 0 Å². The molecule has 0 unspecified atom stereocenters. The van der Waals surface area contributed by atoms with Crippen molar-refractivity contribution in [2.45, 2.75) is 25.0 Å². The number of aliphatic hydroxyl groups is 1. The highest BCUT2D eigenvalue weighted by atomic mass is 35.5. The fraction of sp³-hybridized carbons (Fsp3) is 0.538. The van der Waals surface area contributed by atoms with E-state index in [1.54, 1.807) is 0 Å². The molecule has 3 nitrogen and oxygen atoms in total. The van der Waals surface area contributed by atoms with Gasteiger partial charge in [0.05, 0.1) is 12.1 Å². The third kappa shape index (κ3) is 3.29. The fourth-order valence-electron chi connectivity index (χ4n) is 1.98. The molecule has 0 aromatic heterocycles. The lowest BCUT2D eigenvalue weighted by molar-refractivity contribution is 0.122. The molecule has 1 aromatic rings. The van der Waals surface area contributed by atoms with Crippen molar-refractivity contribution >= 4 is 29.7 Å². The van der Waals surface area contributed by atoms with Crippen LogP contribution in [-0.4, -0.2) is 25.3 Å². The number of benzene rings is 1. The summed E-state index contributed by atoms with van der Waals surface area (Å²) in [6.45, 7) is 0. The second-order valence-corrected chi connectivity index (χ2v) is 5.36. The first kappa shape index (κ1) is 15.6. The van der Waals surface area contributed by atoms with Gasteiger partial charge in [-0.2, -0.15) is 0 Å².